The number of aromatic nitrogens is 1. The van der Waals surface area contributed by atoms with Crippen LogP contribution in [0.1, 0.15) is 0 Å². The molecule has 0 saturated carbocycles. The van der Waals surface area contributed by atoms with E-state index in [9.17, 15) is 14.0 Å². The second-order valence-electron chi connectivity index (χ2n) is 5.18. The number of halogens is 1. The van der Waals surface area contributed by atoms with Crippen LogP contribution < -0.4 is 11.1 Å². The Balaban J connectivity index is 1.61. The highest BCUT2D eigenvalue weighted by molar-refractivity contribution is 7.22. The van der Waals surface area contributed by atoms with Gasteiger partial charge in [-0.15, -0.1) is 0 Å². The first-order valence-electron chi connectivity index (χ1n) is 7.00. The summed E-state index contributed by atoms with van der Waals surface area (Å²) in [5.41, 5.74) is 5.84. The zero-order chi connectivity index (χ0) is 16.4. The minimum absolute atomic E-state index is 0.109. The zero-order valence-corrected chi connectivity index (χ0v) is 12.9. The van der Waals surface area contributed by atoms with Crippen LogP contribution in [0.25, 0.3) is 10.2 Å². The molecule has 7 nitrogen and oxygen atoms in total. The number of hydrogen-bond donors (Lipinski definition) is 2. The molecular weight excluding hydrogens is 323 g/mol. The summed E-state index contributed by atoms with van der Waals surface area (Å²) < 4.78 is 19.0. The van der Waals surface area contributed by atoms with Crippen LogP contribution in [0.3, 0.4) is 0 Å². The van der Waals surface area contributed by atoms with Gasteiger partial charge in [0.1, 0.15) is 11.9 Å². The predicted octanol–water partition coefficient (Wildman–Crippen LogP) is 0.560. The Bertz CT molecular complexity index is 751. The number of rotatable bonds is 4. The van der Waals surface area contributed by atoms with Crippen LogP contribution in [-0.2, 0) is 14.3 Å². The van der Waals surface area contributed by atoms with Crippen LogP contribution in [0.5, 0.6) is 0 Å². The molecule has 1 saturated heterocycles. The lowest BCUT2D eigenvalue weighted by Crippen LogP contribution is -2.50. The summed E-state index contributed by atoms with van der Waals surface area (Å²) in [5, 5.41) is 3.10. The van der Waals surface area contributed by atoms with Gasteiger partial charge in [0.25, 0.3) is 0 Å². The Hall–Kier alpha value is -2.10. The number of fused-ring (bicyclic) bond motifs is 1. The summed E-state index contributed by atoms with van der Waals surface area (Å²) in [4.78, 5) is 29.2. The number of carbonyl (C=O) groups excluding carboxylic acids is 2. The molecule has 1 aromatic heterocycles. The standard InChI is InChI=1S/C14H15FN4O3S/c15-8-1-2-9-11(5-8)23-14(17-9)18-12(20)7-19-3-4-22-10(6-19)13(16)21/h1-2,5,10H,3-4,6-7H2,(H2,16,21)(H,17,18,20). The maximum atomic E-state index is 13.2. The van der Waals surface area contributed by atoms with Crippen molar-refractivity contribution in [2.24, 2.45) is 5.73 Å². The average Bonchev–Trinajstić information content (AvgIpc) is 2.88. The van der Waals surface area contributed by atoms with Crippen LogP contribution in [0.4, 0.5) is 9.52 Å². The number of nitrogens with one attached hydrogen (secondary N) is 1. The quantitative estimate of drug-likeness (QED) is 0.849. The van der Waals surface area contributed by atoms with Crippen molar-refractivity contribution in [3.8, 4) is 0 Å². The molecule has 3 rings (SSSR count). The van der Waals surface area contributed by atoms with Crippen LogP contribution in [0.15, 0.2) is 18.2 Å². The van der Waals surface area contributed by atoms with Gasteiger partial charge in [0.2, 0.25) is 11.8 Å². The van der Waals surface area contributed by atoms with E-state index in [0.717, 1.165) is 0 Å². The molecule has 122 valence electrons. The van der Waals surface area contributed by atoms with E-state index in [-0.39, 0.29) is 24.8 Å². The summed E-state index contributed by atoms with van der Waals surface area (Å²) in [5.74, 6) is -1.14. The number of ether oxygens (including phenoxy) is 1. The van der Waals surface area contributed by atoms with E-state index in [1.54, 1.807) is 11.0 Å². The first-order valence-corrected chi connectivity index (χ1v) is 7.82. The number of primary amides is 1. The molecule has 3 N–H and O–H groups in total. The molecule has 1 fully saturated rings. The normalized spacial score (nSPS) is 18.9. The topological polar surface area (TPSA) is 97.6 Å². The molecule has 0 aliphatic carbocycles. The van der Waals surface area contributed by atoms with Crippen molar-refractivity contribution in [3.63, 3.8) is 0 Å². The lowest BCUT2D eigenvalue weighted by Gasteiger charge is -2.30. The monoisotopic (exact) mass is 338 g/mol. The largest absolute Gasteiger partial charge is 0.367 e. The molecule has 9 heteroatoms. The van der Waals surface area contributed by atoms with Crippen LogP contribution in [-0.4, -0.2) is 54.0 Å². The van der Waals surface area contributed by atoms with E-state index in [2.05, 4.69) is 10.3 Å². The summed E-state index contributed by atoms with van der Waals surface area (Å²) >= 11 is 1.21. The van der Waals surface area contributed by atoms with E-state index in [1.807, 2.05) is 0 Å². The summed E-state index contributed by atoms with van der Waals surface area (Å²) in [7, 11) is 0. The number of carbonyl (C=O) groups is 2. The van der Waals surface area contributed by atoms with E-state index in [4.69, 9.17) is 10.5 Å². The number of amides is 2. The minimum atomic E-state index is -0.693. The van der Waals surface area contributed by atoms with Gasteiger partial charge in [0.15, 0.2) is 5.13 Å². The third kappa shape index (κ3) is 3.81. The third-order valence-electron chi connectivity index (χ3n) is 3.43. The van der Waals surface area contributed by atoms with Crippen LogP contribution in [0.2, 0.25) is 0 Å². The molecule has 0 bridgehead atoms. The molecule has 0 radical (unpaired) electrons. The van der Waals surface area contributed by atoms with Gasteiger partial charge in [-0.3, -0.25) is 14.5 Å². The maximum absolute atomic E-state index is 13.2. The highest BCUT2D eigenvalue weighted by Crippen LogP contribution is 2.26. The van der Waals surface area contributed by atoms with Gasteiger partial charge in [-0.1, -0.05) is 11.3 Å². The average molecular weight is 338 g/mol. The Morgan fingerprint density at radius 2 is 2.35 bits per heavy atom. The maximum Gasteiger partial charge on any atom is 0.247 e. The van der Waals surface area contributed by atoms with E-state index < -0.39 is 12.0 Å². The number of hydrogen-bond acceptors (Lipinski definition) is 6. The molecular formula is C14H15FN4O3S. The Labute approximate surface area is 135 Å². The predicted molar refractivity (Wildman–Crippen MR) is 83.6 cm³/mol. The number of anilines is 1. The van der Waals surface area contributed by atoms with Gasteiger partial charge in [-0.25, -0.2) is 9.37 Å². The van der Waals surface area contributed by atoms with Gasteiger partial charge < -0.3 is 15.8 Å². The van der Waals surface area contributed by atoms with Gasteiger partial charge in [0, 0.05) is 13.1 Å². The molecule has 1 atom stereocenters. The van der Waals surface area contributed by atoms with Crippen molar-refractivity contribution in [2.45, 2.75) is 6.10 Å². The van der Waals surface area contributed by atoms with Crippen molar-refractivity contribution >= 4 is 38.5 Å². The first kappa shape index (κ1) is 15.8. The summed E-state index contributed by atoms with van der Waals surface area (Å²) in [6.45, 7) is 1.29. The van der Waals surface area contributed by atoms with Gasteiger partial charge in [0.05, 0.1) is 23.4 Å². The molecule has 1 unspecified atom stereocenters. The van der Waals surface area contributed by atoms with Crippen molar-refractivity contribution in [1.29, 1.82) is 0 Å². The molecule has 2 heterocycles. The highest BCUT2D eigenvalue weighted by atomic mass is 32.1. The second kappa shape index (κ2) is 6.57. The lowest BCUT2D eigenvalue weighted by atomic mass is 10.2. The Morgan fingerprint density at radius 1 is 1.52 bits per heavy atom. The first-order chi connectivity index (χ1) is 11.0. The third-order valence-corrected chi connectivity index (χ3v) is 4.37. The molecule has 1 aliphatic heterocycles. The summed E-state index contributed by atoms with van der Waals surface area (Å²) in [6, 6.07) is 4.27. The Morgan fingerprint density at radius 3 is 3.13 bits per heavy atom. The number of benzene rings is 1. The lowest BCUT2D eigenvalue weighted by molar-refractivity contribution is -0.136. The molecule has 1 aliphatic rings. The molecule has 1 aromatic carbocycles. The van der Waals surface area contributed by atoms with E-state index >= 15 is 0 Å². The smallest absolute Gasteiger partial charge is 0.247 e. The molecule has 2 aromatic rings. The van der Waals surface area contributed by atoms with Gasteiger partial charge >= 0.3 is 0 Å². The highest BCUT2D eigenvalue weighted by Gasteiger charge is 2.26. The van der Waals surface area contributed by atoms with E-state index in [0.29, 0.717) is 28.5 Å². The van der Waals surface area contributed by atoms with Crippen LogP contribution >= 0.6 is 11.3 Å². The number of thiazole rings is 1. The van der Waals surface area contributed by atoms with Gasteiger partial charge in [-0.05, 0) is 18.2 Å². The zero-order valence-electron chi connectivity index (χ0n) is 12.1. The molecule has 0 spiro atoms. The fourth-order valence-corrected chi connectivity index (χ4v) is 3.24. The fourth-order valence-electron chi connectivity index (χ4n) is 2.33. The Kier molecular flexibility index (Phi) is 4.51. The van der Waals surface area contributed by atoms with Crippen LogP contribution in [0, 0.1) is 5.82 Å². The minimum Gasteiger partial charge on any atom is -0.367 e. The second-order valence-corrected chi connectivity index (χ2v) is 6.21. The van der Waals surface area contributed by atoms with Crippen molar-refractivity contribution < 1.29 is 18.7 Å². The summed E-state index contributed by atoms with van der Waals surface area (Å²) in [6.07, 6.45) is -0.693. The van der Waals surface area contributed by atoms with E-state index in [1.165, 1.54) is 23.5 Å². The SMILES string of the molecule is NC(=O)C1CN(CC(=O)Nc2nc3ccc(F)cc3s2)CCO1. The van der Waals surface area contributed by atoms with Gasteiger partial charge in [-0.2, -0.15) is 0 Å². The van der Waals surface area contributed by atoms with Crippen molar-refractivity contribution in [3.05, 3.63) is 24.0 Å². The fraction of sp³-hybridized carbons (Fsp3) is 0.357. The molecule has 23 heavy (non-hydrogen) atoms. The van der Waals surface area contributed by atoms with Crippen molar-refractivity contribution in [1.82, 2.24) is 9.88 Å². The number of nitrogens with two attached hydrogens (primary N) is 1. The number of morpholine rings is 1. The number of nitrogens with zero attached hydrogens (tertiary/aromatic N) is 2. The molecule has 2 amide bonds. The van der Waals surface area contributed by atoms with Crippen molar-refractivity contribution in [2.75, 3.05) is 31.6 Å².